The van der Waals surface area contributed by atoms with Crippen molar-refractivity contribution in [1.82, 2.24) is 15.0 Å². The van der Waals surface area contributed by atoms with Gasteiger partial charge < -0.3 is 13.9 Å². The molecule has 0 unspecified atom stereocenters. The smallest absolute Gasteiger partial charge is 0.230 e. The van der Waals surface area contributed by atoms with E-state index in [2.05, 4.69) is 15.0 Å². The van der Waals surface area contributed by atoms with Crippen LogP contribution in [0.15, 0.2) is 77.8 Å². The molecule has 0 saturated heterocycles. The van der Waals surface area contributed by atoms with Crippen molar-refractivity contribution in [2.24, 2.45) is 0 Å². The van der Waals surface area contributed by atoms with Gasteiger partial charge in [-0.05, 0) is 42.5 Å². The number of methoxy groups -OCH3 is 1. The standard InChI is InChI=1S/C22H15N3O3/c1-26-19-4-2-3-17-20(24-13-25-21(17)19)14-5-7-15(8-6-14)28-22-16-10-12-27-18(16)9-11-23-22/h2-13H,1H3. The lowest BCUT2D eigenvalue weighted by atomic mass is 10.1. The highest BCUT2D eigenvalue weighted by molar-refractivity contribution is 5.95. The first-order valence-electron chi connectivity index (χ1n) is 8.72. The Morgan fingerprint density at radius 3 is 2.61 bits per heavy atom. The van der Waals surface area contributed by atoms with Crippen LogP contribution >= 0.6 is 0 Å². The Morgan fingerprint density at radius 2 is 1.75 bits per heavy atom. The van der Waals surface area contributed by atoms with Crippen LogP contribution in [0.3, 0.4) is 0 Å². The Labute approximate surface area is 160 Å². The fourth-order valence-corrected chi connectivity index (χ4v) is 3.20. The molecule has 3 heterocycles. The molecule has 0 fully saturated rings. The van der Waals surface area contributed by atoms with Crippen LogP contribution in [0.1, 0.15) is 0 Å². The van der Waals surface area contributed by atoms with Crippen molar-refractivity contribution < 1.29 is 13.9 Å². The maximum Gasteiger partial charge on any atom is 0.230 e. The van der Waals surface area contributed by atoms with Crippen molar-refractivity contribution in [1.29, 1.82) is 0 Å². The average molecular weight is 369 g/mol. The number of hydrogen-bond donors (Lipinski definition) is 0. The van der Waals surface area contributed by atoms with E-state index >= 15 is 0 Å². The number of hydrogen-bond acceptors (Lipinski definition) is 6. The number of furan rings is 1. The summed E-state index contributed by atoms with van der Waals surface area (Å²) in [5, 5.41) is 1.76. The van der Waals surface area contributed by atoms with Crippen molar-refractivity contribution >= 4 is 21.9 Å². The number of rotatable bonds is 4. The molecule has 0 N–H and O–H groups in total. The second kappa shape index (κ2) is 6.66. The molecular weight excluding hydrogens is 354 g/mol. The third-order valence-electron chi connectivity index (χ3n) is 4.53. The normalized spacial score (nSPS) is 11.0. The van der Waals surface area contributed by atoms with E-state index in [-0.39, 0.29) is 0 Å². The van der Waals surface area contributed by atoms with E-state index in [0.717, 1.165) is 38.9 Å². The van der Waals surface area contributed by atoms with E-state index in [1.54, 1.807) is 32.0 Å². The van der Waals surface area contributed by atoms with Gasteiger partial charge in [-0.15, -0.1) is 0 Å². The Hall–Kier alpha value is -3.93. The monoisotopic (exact) mass is 369 g/mol. The van der Waals surface area contributed by atoms with Crippen LogP contribution in [0.2, 0.25) is 0 Å². The molecule has 0 radical (unpaired) electrons. The molecule has 2 aromatic carbocycles. The van der Waals surface area contributed by atoms with Gasteiger partial charge in [0, 0.05) is 17.1 Å². The van der Waals surface area contributed by atoms with Crippen molar-refractivity contribution in [3.8, 4) is 28.6 Å². The molecule has 0 atom stereocenters. The van der Waals surface area contributed by atoms with Gasteiger partial charge in [-0.2, -0.15) is 0 Å². The third-order valence-corrected chi connectivity index (χ3v) is 4.53. The predicted octanol–water partition coefficient (Wildman–Crippen LogP) is 5.24. The Morgan fingerprint density at radius 1 is 0.857 bits per heavy atom. The SMILES string of the molecule is COc1cccc2c(-c3ccc(Oc4nccc5occc45)cc3)ncnc12. The summed E-state index contributed by atoms with van der Waals surface area (Å²) in [5.74, 6) is 1.91. The second-order valence-corrected chi connectivity index (χ2v) is 6.15. The lowest BCUT2D eigenvalue weighted by molar-refractivity contribution is 0.419. The molecule has 136 valence electrons. The van der Waals surface area contributed by atoms with Crippen LogP contribution in [0.25, 0.3) is 33.1 Å². The lowest BCUT2D eigenvalue weighted by Crippen LogP contribution is -1.93. The van der Waals surface area contributed by atoms with Gasteiger partial charge in [0.05, 0.1) is 24.5 Å². The number of para-hydroxylation sites is 1. The molecule has 0 aliphatic carbocycles. The Kier molecular flexibility index (Phi) is 3.87. The van der Waals surface area contributed by atoms with E-state index in [1.807, 2.05) is 48.5 Å². The summed E-state index contributed by atoms with van der Waals surface area (Å²) in [4.78, 5) is 13.1. The number of nitrogens with zero attached hydrogens (tertiary/aromatic N) is 3. The highest BCUT2D eigenvalue weighted by Crippen LogP contribution is 2.33. The third kappa shape index (κ3) is 2.72. The quantitative estimate of drug-likeness (QED) is 0.431. The summed E-state index contributed by atoms with van der Waals surface area (Å²) >= 11 is 0. The molecule has 0 aliphatic rings. The van der Waals surface area contributed by atoms with Crippen molar-refractivity contribution in [3.05, 3.63) is 73.4 Å². The van der Waals surface area contributed by atoms with Crippen molar-refractivity contribution in [3.63, 3.8) is 0 Å². The zero-order valence-corrected chi connectivity index (χ0v) is 15.0. The molecule has 6 nitrogen and oxygen atoms in total. The molecule has 0 spiro atoms. The number of benzene rings is 2. The summed E-state index contributed by atoms with van der Waals surface area (Å²) < 4.78 is 16.7. The second-order valence-electron chi connectivity index (χ2n) is 6.15. The summed E-state index contributed by atoms with van der Waals surface area (Å²) in [6.07, 6.45) is 4.83. The molecule has 5 aromatic rings. The van der Waals surface area contributed by atoms with Gasteiger partial charge in [0.2, 0.25) is 5.88 Å². The average Bonchev–Trinajstić information content (AvgIpc) is 3.23. The van der Waals surface area contributed by atoms with Gasteiger partial charge in [0.1, 0.15) is 28.9 Å². The topological polar surface area (TPSA) is 70.3 Å². The molecule has 0 saturated carbocycles. The van der Waals surface area contributed by atoms with Gasteiger partial charge in [-0.25, -0.2) is 15.0 Å². The maximum atomic E-state index is 5.94. The van der Waals surface area contributed by atoms with Crippen LogP contribution < -0.4 is 9.47 Å². The molecular formula is C22H15N3O3. The minimum atomic E-state index is 0.510. The van der Waals surface area contributed by atoms with E-state index in [0.29, 0.717) is 11.6 Å². The van der Waals surface area contributed by atoms with Gasteiger partial charge in [0.25, 0.3) is 0 Å². The fourth-order valence-electron chi connectivity index (χ4n) is 3.20. The van der Waals surface area contributed by atoms with E-state index < -0.39 is 0 Å². The largest absolute Gasteiger partial charge is 0.494 e. The first kappa shape index (κ1) is 16.3. The fraction of sp³-hybridized carbons (Fsp3) is 0.0455. The zero-order valence-electron chi connectivity index (χ0n) is 15.0. The number of pyridine rings is 1. The van der Waals surface area contributed by atoms with Gasteiger partial charge in [0.15, 0.2) is 0 Å². The molecule has 5 rings (SSSR count). The first-order valence-corrected chi connectivity index (χ1v) is 8.72. The Bertz CT molecular complexity index is 1280. The molecule has 6 heteroatoms. The van der Waals surface area contributed by atoms with E-state index in [9.17, 15) is 0 Å². The summed E-state index contributed by atoms with van der Waals surface area (Å²) in [6, 6.07) is 17.2. The van der Waals surface area contributed by atoms with E-state index in [4.69, 9.17) is 13.9 Å². The minimum Gasteiger partial charge on any atom is -0.494 e. The molecule has 0 bridgehead atoms. The van der Waals surface area contributed by atoms with Crippen LogP contribution in [0.5, 0.6) is 17.4 Å². The van der Waals surface area contributed by atoms with Crippen molar-refractivity contribution in [2.75, 3.05) is 7.11 Å². The molecule has 0 amide bonds. The number of fused-ring (bicyclic) bond motifs is 2. The predicted molar refractivity (Wildman–Crippen MR) is 106 cm³/mol. The maximum absolute atomic E-state index is 5.94. The van der Waals surface area contributed by atoms with Gasteiger partial charge in [-0.1, -0.05) is 12.1 Å². The van der Waals surface area contributed by atoms with Crippen LogP contribution in [-0.4, -0.2) is 22.1 Å². The van der Waals surface area contributed by atoms with Crippen LogP contribution in [0, 0.1) is 0 Å². The van der Waals surface area contributed by atoms with Crippen LogP contribution in [-0.2, 0) is 0 Å². The minimum absolute atomic E-state index is 0.510. The highest BCUT2D eigenvalue weighted by Gasteiger charge is 2.11. The molecule has 28 heavy (non-hydrogen) atoms. The zero-order chi connectivity index (χ0) is 18.9. The summed E-state index contributed by atoms with van der Waals surface area (Å²) in [7, 11) is 1.64. The number of aromatic nitrogens is 3. The molecule has 0 aliphatic heterocycles. The summed E-state index contributed by atoms with van der Waals surface area (Å²) in [5.41, 5.74) is 3.32. The summed E-state index contributed by atoms with van der Waals surface area (Å²) in [6.45, 7) is 0. The number of ether oxygens (including phenoxy) is 2. The molecule has 3 aromatic heterocycles. The van der Waals surface area contributed by atoms with E-state index in [1.165, 1.54) is 0 Å². The Balaban J connectivity index is 1.51. The lowest BCUT2D eigenvalue weighted by Gasteiger charge is -2.09. The van der Waals surface area contributed by atoms with Crippen LogP contribution in [0.4, 0.5) is 0 Å². The van der Waals surface area contributed by atoms with Crippen molar-refractivity contribution in [2.45, 2.75) is 0 Å². The van der Waals surface area contributed by atoms with Gasteiger partial charge in [-0.3, -0.25) is 0 Å². The van der Waals surface area contributed by atoms with Gasteiger partial charge >= 0.3 is 0 Å². The first-order chi connectivity index (χ1) is 13.8. The highest BCUT2D eigenvalue weighted by atomic mass is 16.5.